The Balaban J connectivity index is 0.000000166. The summed E-state index contributed by atoms with van der Waals surface area (Å²) in [5.41, 5.74) is 3.47. The molecule has 0 bridgehead atoms. The van der Waals surface area contributed by atoms with Crippen molar-refractivity contribution in [2.45, 2.75) is 12.3 Å². The molecular weight excluding hydrogens is 564 g/mol. The second-order valence-corrected chi connectivity index (χ2v) is 8.85. The third kappa shape index (κ3) is 4.28. The van der Waals surface area contributed by atoms with E-state index in [0.29, 0.717) is 22.3 Å². The zero-order valence-corrected chi connectivity index (χ0v) is 20.8. The zero-order chi connectivity index (χ0) is 21.3. The van der Waals surface area contributed by atoms with Crippen LogP contribution in [0.5, 0.6) is 0 Å². The predicted molar refractivity (Wildman–Crippen MR) is 126 cm³/mol. The monoisotopic (exact) mass is 575 g/mol. The quantitative estimate of drug-likeness (QED) is 0.247. The first-order valence-electron chi connectivity index (χ1n) is 8.32. The Morgan fingerprint density at radius 1 is 0.897 bits per heavy atom. The number of hydrogen-bond acceptors (Lipinski definition) is 3. The first-order chi connectivity index (χ1) is 13.8. The molecule has 0 atom stereocenters. The van der Waals surface area contributed by atoms with Crippen molar-refractivity contribution in [2.24, 2.45) is 14.1 Å². The van der Waals surface area contributed by atoms with Crippen molar-refractivity contribution in [1.29, 1.82) is 5.26 Å². The van der Waals surface area contributed by atoms with Gasteiger partial charge in [0.1, 0.15) is 0 Å². The smallest absolute Gasteiger partial charge is 0.0942 e. The van der Waals surface area contributed by atoms with Crippen LogP contribution >= 0.6 is 66.7 Å². The van der Waals surface area contributed by atoms with E-state index in [4.69, 9.17) is 40.1 Å². The average Bonchev–Trinajstić information content (AvgIpc) is 3.19. The van der Waals surface area contributed by atoms with E-state index >= 15 is 0 Å². The highest BCUT2D eigenvalue weighted by Gasteiger charge is 2.14. The third-order valence-electron chi connectivity index (χ3n) is 4.39. The van der Waals surface area contributed by atoms with Crippen LogP contribution in [0.2, 0.25) is 10.0 Å². The van der Waals surface area contributed by atoms with Crippen LogP contribution in [0, 0.1) is 11.3 Å². The minimum absolute atomic E-state index is 0.309. The molecule has 0 aliphatic heterocycles. The van der Waals surface area contributed by atoms with Crippen LogP contribution in [0.1, 0.15) is 11.4 Å². The number of rotatable bonds is 2. The third-order valence-corrected chi connectivity index (χ3v) is 7.21. The fourth-order valence-electron chi connectivity index (χ4n) is 3.00. The summed E-state index contributed by atoms with van der Waals surface area (Å²) >= 11 is 24.9. The summed E-state index contributed by atoms with van der Waals surface area (Å²) in [6, 6.07) is 9.65. The van der Waals surface area contributed by atoms with Crippen LogP contribution in [-0.4, -0.2) is 19.6 Å². The summed E-state index contributed by atoms with van der Waals surface area (Å²) in [7, 11) is 3.68. The maximum atomic E-state index is 8.74. The summed E-state index contributed by atoms with van der Waals surface area (Å²) in [4.78, 5) is 0. The van der Waals surface area contributed by atoms with Crippen molar-refractivity contribution in [3.8, 4) is 6.07 Å². The van der Waals surface area contributed by atoms with Crippen molar-refractivity contribution >= 4 is 88.5 Å². The van der Waals surface area contributed by atoms with E-state index in [0.717, 1.165) is 42.1 Å². The Kier molecular flexibility index (Phi) is 7.13. The summed E-state index contributed by atoms with van der Waals surface area (Å²) in [5.74, 6) is 0.406. The van der Waals surface area contributed by atoms with Gasteiger partial charge < -0.3 is 0 Å². The van der Waals surface area contributed by atoms with Crippen LogP contribution in [-0.2, 0) is 26.4 Å². The van der Waals surface area contributed by atoms with Gasteiger partial charge in [0, 0.05) is 33.8 Å². The normalized spacial score (nSPS) is 10.8. The van der Waals surface area contributed by atoms with Gasteiger partial charge in [-0.2, -0.15) is 15.5 Å². The first kappa shape index (κ1) is 22.4. The molecule has 0 aliphatic rings. The standard InChI is InChI=1S/C10H7BrClN3.C9H7BrCl2N2/c1-15-8(4-5-13)9-7(14-15)3-2-6(11)10(9)12;1-14-7(4-11)8-6(13-14)3-2-5(10)9(8)12/h2-3H,4H2,1H3;2-3H,4H2,1H3. The highest BCUT2D eigenvalue weighted by molar-refractivity contribution is 9.10. The fourth-order valence-corrected chi connectivity index (χ4v) is 4.50. The summed E-state index contributed by atoms with van der Waals surface area (Å²) in [5, 5.41) is 20.4. The van der Waals surface area contributed by atoms with Crippen molar-refractivity contribution < 1.29 is 0 Å². The lowest BCUT2D eigenvalue weighted by molar-refractivity contribution is 0.739. The molecule has 0 unspecified atom stereocenters. The van der Waals surface area contributed by atoms with Crippen molar-refractivity contribution in [1.82, 2.24) is 19.6 Å². The molecule has 2 heterocycles. The summed E-state index contributed by atoms with van der Waals surface area (Å²) in [6.45, 7) is 0. The van der Waals surface area contributed by atoms with E-state index in [1.165, 1.54) is 0 Å². The Labute approximate surface area is 199 Å². The highest BCUT2D eigenvalue weighted by atomic mass is 79.9. The van der Waals surface area contributed by atoms with Gasteiger partial charge in [0.25, 0.3) is 0 Å². The molecule has 4 rings (SSSR count). The van der Waals surface area contributed by atoms with Crippen molar-refractivity contribution in [2.75, 3.05) is 0 Å². The Hall–Kier alpha value is -1.30. The van der Waals surface area contributed by atoms with Gasteiger partial charge in [-0.15, -0.1) is 11.6 Å². The molecule has 0 fully saturated rings. The van der Waals surface area contributed by atoms with Gasteiger partial charge in [0.15, 0.2) is 0 Å². The van der Waals surface area contributed by atoms with Crippen LogP contribution in [0.15, 0.2) is 33.2 Å². The molecule has 2 aromatic carbocycles. The number of nitrogens with zero attached hydrogens (tertiary/aromatic N) is 5. The van der Waals surface area contributed by atoms with E-state index in [1.54, 1.807) is 9.36 Å². The summed E-state index contributed by atoms with van der Waals surface area (Å²) in [6.07, 6.45) is 0.309. The SMILES string of the molecule is Cn1nc2ccc(Br)c(Cl)c2c1CC#N.Cn1nc2ccc(Br)c(Cl)c2c1CCl. The molecule has 0 radical (unpaired) electrons. The van der Waals surface area contributed by atoms with Crippen molar-refractivity contribution in [3.05, 3.63) is 54.6 Å². The van der Waals surface area contributed by atoms with Crippen LogP contribution in [0.3, 0.4) is 0 Å². The maximum absolute atomic E-state index is 8.74. The molecular formula is C19H14Br2Cl3N5. The molecule has 29 heavy (non-hydrogen) atoms. The highest BCUT2D eigenvalue weighted by Crippen LogP contribution is 2.34. The van der Waals surface area contributed by atoms with E-state index < -0.39 is 0 Å². The number of hydrogen-bond donors (Lipinski definition) is 0. The molecule has 0 saturated carbocycles. The molecule has 150 valence electrons. The largest absolute Gasteiger partial charge is 0.270 e. The number of aromatic nitrogens is 4. The van der Waals surface area contributed by atoms with E-state index in [9.17, 15) is 0 Å². The molecule has 10 heteroatoms. The lowest BCUT2D eigenvalue weighted by Gasteiger charge is -1.99. The number of alkyl halides is 1. The van der Waals surface area contributed by atoms with E-state index in [-0.39, 0.29) is 0 Å². The van der Waals surface area contributed by atoms with Gasteiger partial charge in [0.2, 0.25) is 0 Å². The minimum Gasteiger partial charge on any atom is -0.270 e. The molecule has 4 aromatic rings. The van der Waals surface area contributed by atoms with Crippen LogP contribution in [0.25, 0.3) is 21.8 Å². The second-order valence-electron chi connectivity index (χ2n) is 6.12. The molecule has 0 spiro atoms. The summed E-state index contributed by atoms with van der Waals surface area (Å²) < 4.78 is 5.15. The molecule has 0 saturated heterocycles. The first-order valence-corrected chi connectivity index (χ1v) is 11.2. The Morgan fingerprint density at radius 2 is 1.34 bits per heavy atom. The second kappa shape index (κ2) is 9.23. The van der Waals surface area contributed by atoms with Gasteiger partial charge in [-0.1, -0.05) is 23.2 Å². The Bertz CT molecular complexity index is 1260. The Morgan fingerprint density at radius 3 is 1.79 bits per heavy atom. The molecule has 0 N–H and O–H groups in total. The van der Waals surface area contributed by atoms with Gasteiger partial charge in [0.05, 0.1) is 50.8 Å². The number of aryl methyl sites for hydroxylation is 2. The molecule has 2 aromatic heterocycles. The topological polar surface area (TPSA) is 59.4 Å². The maximum Gasteiger partial charge on any atom is 0.0942 e. The van der Waals surface area contributed by atoms with Gasteiger partial charge in [-0.3, -0.25) is 9.36 Å². The van der Waals surface area contributed by atoms with Crippen LogP contribution < -0.4 is 0 Å². The van der Waals surface area contributed by atoms with Gasteiger partial charge in [-0.05, 0) is 56.1 Å². The average molecular weight is 579 g/mol. The van der Waals surface area contributed by atoms with E-state index in [2.05, 4.69) is 48.1 Å². The molecule has 0 amide bonds. The number of halogens is 5. The number of benzene rings is 2. The fraction of sp³-hybridized carbons (Fsp3) is 0.211. The lowest BCUT2D eigenvalue weighted by atomic mass is 10.2. The zero-order valence-electron chi connectivity index (χ0n) is 15.3. The number of nitriles is 1. The minimum atomic E-state index is 0.309. The molecule has 0 aliphatic carbocycles. The van der Waals surface area contributed by atoms with E-state index in [1.807, 2.05) is 38.4 Å². The van der Waals surface area contributed by atoms with Gasteiger partial charge in [-0.25, -0.2) is 0 Å². The van der Waals surface area contributed by atoms with Crippen LogP contribution in [0.4, 0.5) is 0 Å². The molecule has 5 nitrogen and oxygen atoms in total. The number of fused-ring (bicyclic) bond motifs is 2. The van der Waals surface area contributed by atoms with Gasteiger partial charge >= 0.3 is 0 Å². The lowest BCUT2D eigenvalue weighted by Crippen LogP contribution is -1.96. The predicted octanol–water partition coefficient (Wildman–Crippen LogP) is 6.78. The van der Waals surface area contributed by atoms with Crippen molar-refractivity contribution in [3.63, 3.8) is 0 Å².